The molecule has 1 saturated heterocycles. The Balaban J connectivity index is 1.22. The van der Waals surface area contributed by atoms with Crippen LogP contribution in [0.15, 0.2) is 52.2 Å². The Labute approximate surface area is 243 Å². The molecule has 3 aromatic rings. The van der Waals surface area contributed by atoms with Crippen molar-refractivity contribution in [3.63, 3.8) is 0 Å². The van der Waals surface area contributed by atoms with Crippen LogP contribution in [0.2, 0.25) is 0 Å². The molecule has 9 heteroatoms. The van der Waals surface area contributed by atoms with Gasteiger partial charge in [-0.05, 0) is 80.4 Å². The lowest BCUT2D eigenvalue weighted by Gasteiger charge is -2.34. The molecule has 6 rings (SSSR count). The van der Waals surface area contributed by atoms with Gasteiger partial charge in [0.15, 0.2) is 0 Å². The van der Waals surface area contributed by atoms with E-state index in [4.69, 9.17) is 0 Å². The van der Waals surface area contributed by atoms with Crippen LogP contribution in [0.4, 0.5) is 4.39 Å². The highest BCUT2D eigenvalue weighted by Gasteiger charge is 2.34. The Morgan fingerprint density at radius 2 is 1.59 bits per heavy atom. The van der Waals surface area contributed by atoms with E-state index in [-0.39, 0.29) is 46.7 Å². The van der Waals surface area contributed by atoms with E-state index >= 15 is 0 Å². The molecule has 41 heavy (non-hydrogen) atoms. The highest BCUT2D eigenvalue weighted by molar-refractivity contribution is 7.99. The third kappa shape index (κ3) is 5.87. The third-order valence-electron chi connectivity index (χ3n) is 9.45. The molecule has 1 amide bonds. The first kappa shape index (κ1) is 28.2. The Hall–Kier alpha value is -2.94. The van der Waals surface area contributed by atoms with Gasteiger partial charge >= 0.3 is 5.69 Å². The fourth-order valence-corrected chi connectivity index (χ4v) is 8.42. The summed E-state index contributed by atoms with van der Waals surface area (Å²) in [6, 6.07) is 11.0. The maximum absolute atomic E-state index is 14.2. The summed E-state index contributed by atoms with van der Waals surface area (Å²) >= 11 is 1.86. The second-order valence-corrected chi connectivity index (χ2v) is 13.2. The number of rotatable bonds is 6. The molecule has 1 N–H and O–H groups in total. The van der Waals surface area contributed by atoms with Crippen molar-refractivity contribution in [2.45, 2.75) is 94.7 Å². The van der Waals surface area contributed by atoms with Crippen LogP contribution in [-0.2, 0) is 4.79 Å². The maximum Gasteiger partial charge on any atom is 0.333 e. The van der Waals surface area contributed by atoms with Gasteiger partial charge in [-0.1, -0.05) is 49.6 Å². The summed E-state index contributed by atoms with van der Waals surface area (Å²) in [7, 11) is 0. The zero-order valence-corrected chi connectivity index (χ0v) is 24.3. The monoisotopic (exact) mass is 578 g/mol. The molecule has 2 aliphatic carbocycles. The van der Waals surface area contributed by atoms with Crippen LogP contribution in [-0.4, -0.2) is 37.6 Å². The fourth-order valence-electron chi connectivity index (χ4n) is 7.33. The number of aromatic nitrogens is 3. The molecule has 0 spiro atoms. The van der Waals surface area contributed by atoms with Crippen LogP contribution >= 0.6 is 11.8 Å². The average Bonchev–Trinajstić information content (AvgIpc) is 3.00. The van der Waals surface area contributed by atoms with Crippen molar-refractivity contribution in [3.8, 4) is 0 Å². The van der Waals surface area contributed by atoms with Crippen LogP contribution in [0.25, 0.3) is 11.0 Å². The van der Waals surface area contributed by atoms with Crippen molar-refractivity contribution in [1.82, 2.24) is 19.4 Å². The van der Waals surface area contributed by atoms with Gasteiger partial charge in [0.2, 0.25) is 5.91 Å². The second-order valence-electron chi connectivity index (χ2n) is 12.0. The first-order chi connectivity index (χ1) is 20.0. The van der Waals surface area contributed by atoms with Gasteiger partial charge in [0, 0.05) is 18.1 Å². The SMILES string of the molecule is O=C(NC1CCC(n2c(=O)c3cc(F)cnc3n(C3CCSCC3)c2=O)CC1)C(c1ccccc1)C1CCCCC1. The number of carbonyl (C=O) groups excluding carboxylic acids is 1. The number of hydrogen-bond acceptors (Lipinski definition) is 5. The van der Waals surface area contributed by atoms with E-state index in [1.807, 2.05) is 30.0 Å². The Bertz CT molecular complexity index is 1490. The van der Waals surface area contributed by atoms with Crippen molar-refractivity contribution in [2.75, 3.05) is 11.5 Å². The standard InChI is InChI=1S/C32H39FN4O3S/c33-23-19-27-29(34-20-23)36(26-15-17-41-18-16-26)32(40)37(31(27)39)25-13-11-24(12-14-25)35-30(38)28(21-7-3-1-4-8-21)22-9-5-2-6-10-22/h1,3-4,7-8,19-20,22,24-26,28H,2,5-6,9-18H2,(H,35,38). The van der Waals surface area contributed by atoms with E-state index in [0.717, 1.165) is 48.9 Å². The zero-order valence-electron chi connectivity index (χ0n) is 23.5. The van der Waals surface area contributed by atoms with E-state index in [1.165, 1.54) is 29.9 Å². The first-order valence-corrected chi connectivity index (χ1v) is 16.4. The van der Waals surface area contributed by atoms with Gasteiger partial charge < -0.3 is 5.32 Å². The van der Waals surface area contributed by atoms with Gasteiger partial charge in [-0.15, -0.1) is 0 Å². The van der Waals surface area contributed by atoms with E-state index in [0.29, 0.717) is 31.6 Å². The molecule has 3 fully saturated rings. The van der Waals surface area contributed by atoms with Crippen molar-refractivity contribution in [1.29, 1.82) is 0 Å². The molecule has 218 valence electrons. The van der Waals surface area contributed by atoms with Gasteiger partial charge in [-0.2, -0.15) is 11.8 Å². The molecule has 1 atom stereocenters. The summed E-state index contributed by atoms with van der Waals surface area (Å²) in [6.07, 6.45) is 11.0. The predicted molar refractivity (Wildman–Crippen MR) is 161 cm³/mol. The lowest BCUT2D eigenvalue weighted by Crippen LogP contribution is -2.47. The van der Waals surface area contributed by atoms with E-state index in [9.17, 15) is 18.8 Å². The number of carbonyl (C=O) groups is 1. The quantitative estimate of drug-likeness (QED) is 0.404. The van der Waals surface area contributed by atoms with Crippen molar-refractivity contribution < 1.29 is 9.18 Å². The Morgan fingerprint density at radius 3 is 2.29 bits per heavy atom. The zero-order chi connectivity index (χ0) is 28.3. The van der Waals surface area contributed by atoms with Crippen LogP contribution < -0.4 is 16.6 Å². The maximum atomic E-state index is 14.2. The highest BCUT2D eigenvalue weighted by atomic mass is 32.2. The number of nitrogens with one attached hydrogen (secondary N) is 1. The minimum absolute atomic E-state index is 0.00131. The van der Waals surface area contributed by atoms with Crippen LogP contribution in [0.3, 0.4) is 0 Å². The minimum Gasteiger partial charge on any atom is -0.353 e. The molecule has 0 radical (unpaired) electrons. The molecule has 7 nitrogen and oxygen atoms in total. The second kappa shape index (κ2) is 12.5. The van der Waals surface area contributed by atoms with Gasteiger partial charge in [0.1, 0.15) is 11.5 Å². The van der Waals surface area contributed by atoms with E-state index < -0.39 is 11.4 Å². The first-order valence-electron chi connectivity index (χ1n) is 15.3. The molecule has 3 heterocycles. The largest absolute Gasteiger partial charge is 0.353 e. The van der Waals surface area contributed by atoms with Crippen LogP contribution in [0, 0.1) is 11.7 Å². The molecular formula is C32H39FN4O3S. The summed E-state index contributed by atoms with van der Waals surface area (Å²) in [5.41, 5.74) is 0.556. The summed E-state index contributed by atoms with van der Waals surface area (Å²) in [4.78, 5) is 45.4. The van der Waals surface area contributed by atoms with Crippen molar-refractivity contribution in [2.24, 2.45) is 5.92 Å². The number of thioether (sulfide) groups is 1. The normalized spacial score (nSPS) is 23.3. The summed E-state index contributed by atoms with van der Waals surface area (Å²) in [5, 5.41) is 3.51. The Kier molecular flexibility index (Phi) is 8.60. The third-order valence-corrected chi connectivity index (χ3v) is 10.5. The van der Waals surface area contributed by atoms with Crippen LogP contribution in [0.5, 0.6) is 0 Å². The topological polar surface area (TPSA) is 86.0 Å². The van der Waals surface area contributed by atoms with Gasteiger partial charge in [0.05, 0.1) is 17.5 Å². The number of benzene rings is 1. The number of pyridine rings is 1. The number of fused-ring (bicyclic) bond motifs is 1. The van der Waals surface area contributed by atoms with E-state index in [1.54, 1.807) is 4.57 Å². The molecule has 1 aliphatic heterocycles. The lowest BCUT2D eigenvalue weighted by atomic mass is 9.76. The van der Waals surface area contributed by atoms with E-state index in [2.05, 4.69) is 22.4 Å². The predicted octanol–water partition coefficient (Wildman–Crippen LogP) is 5.73. The summed E-state index contributed by atoms with van der Waals surface area (Å²) in [5.74, 6) is 1.59. The van der Waals surface area contributed by atoms with Crippen molar-refractivity contribution in [3.05, 3.63) is 74.8 Å². The molecule has 0 bridgehead atoms. The van der Waals surface area contributed by atoms with Crippen LogP contribution in [0.1, 0.15) is 94.2 Å². The van der Waals surface area contributed by atoms with Crippen molar-refractivity contribution >= 4 is 28.7 Å². The molecule has 1 aromatic carbocycles. The number of hydrogen-bond donors (Lipinski definition) is 1. The van der Waals surface area contributed by atoms with Gasteiger partial charge in [0.25, 0.3) is 5.56 Å². The Morgan fingerprint density at radius 1 is 0.902 bits per heavy atom. The lowest BCUT2D eigenvalue weighted by molar-refractivity contribution is -0.125. The number of amides is 1. The molecule has 1 unspecified atom stereocenters. The molecule has 2 saturated carbocycles. The molecule has 2 aromatic heterocycles. The fraction of sp³-hybridized carbons (Fsp3) is 0.562. The van der Waals surface area contributed by atoms with Gasteiger partial charge in [-0.25, -0.2) is 14.2 Å². The molecule has 3 aliphatic rings. The minimum atomic E-state index is -0.581. The summed E-state index contributed by atoms with van der Waals surface area (Å²) < 4.78 is 17.2. The summed E-state index contributed by atoms with van der Waals surface area (Å²) in [6.45, 7) is 0. The number of halogens is 1. The molecular weight excluding hydrogens is 539 g/mol. The number of nitrogens with zero attached hydrogens (tertiary/aromatic N) is 3. The average molecular weight is 579 g/mol. The highest BCUT2D eigenvalue weighted by Crippen LogP contribution is 2.37. The van der Waals surface area contributed by atoms with Gasteiger partial charge in [-0.3, -0.25) is 18.7 Å². The smallest absolute Gasteiger partial charge is 0.333 e.